The van der Waals surface area contributed by atoms with Crippen LogP contribution in [0, 0.1) is 6.92 Å². The average molecular weight is 520 g/mol. The minimum atomic E-state index is -0.184. The number of carbonyl (C=O) groups is 1. The molecule has 0 fully saturated rings. The van der Waals surface area contributed by atoms with Crippen molar-refractivity contribution in [2.24, 2.45) is 0 Å². The molecule has 0 aliphatic carbocycles. The van der Waals surface area contributed by atoms with Gasteiger partial charge in [0.05, 0.1) is 32.6 Å². The Kier molecular flexibility index (Phi) is 6.80. The van der Waals surface area contributed by atoms with Crippen molar-refractivity contribution in [3.05, 3.63) is 82.3 Å². The molecular weight excluding hydrogens is 494 g/mol. The number of nitrogens with zero attached hydrogens (tertiary/aromatic N) is 1. The van der Waals surface area contributed by atoms with E-state index >= 15 is 0 Å². The lowest BCUT2D eigenvalue weighted by molar-refractivity contribution is 0.0989. The van der Waals surface area contributed by atoms with Gasteiger partial charge in [0, 0.05) is 22.5 Å². The second-order valence-corrected chi connectivity index (χ2v) is 8.72. The number of benzene rings is 4. The molecule has 0 radical (unpaired) electrons. The van der Waals surface area contributed by atoms with Gasteiger partial charge in [-0.15, -0.1) is 0 Å². The molecule has 6 heteroatoms. The molecule has 0 bridgehead atoms. The summed E-state index contributed by atoms with van der Waals surface area (Å²) in [6.07, 6.45) is 0. The second kappa shape index (κ2) is 9.77. The molecule has 0 atom stereocenters. The molecule has 0 heterocycles. The Hall–Kier alpha value is -3.51. The van der Waals surface area contributed by atoms with Gasteiger partial charge in [0.1, 0.15) is 5.75 Å². The van der Waals surface area contributed by atoms with Crippen LogP contribution >= 0.6 is 15.9 Å². The van der Waals surface area contributed by atoms with Gasteiger partial charge < -0.3 is 19.1 Å². The molecule has 0 aromatic heterocycles. The normalized spacial score (nSPS) is 10.8. The van der Waals surface area contributed by atoms with E-state index in [2.05, 4.69) is 15.9 Å². The Morgan fingerprint density at radius 2 is 1.53 bits per heavy atom. The van der Waals surface area contributed by atoms with Crippen LogP contribution in [0.2, 0.25) is 0 Å². The SMILES string of the molecule is COc1cc2c(N(C)C(=O)c3c(Br)ccc(C)c3OC)cccc2c(-c2ccccc2)c1OC. The van der Waals surface area contributed by atoms with Gasteiger partial charge >= 0.3 is 0 Å². The quantitative estimate of drug-likeness (QED) is 0.278. The first-order valence-electron chi connectivity index (χ1n) is 10.8. The molecule has 4 rings (SSSR count). The largest absolute Gasteiger partial charge is 0.496 e. The van der Waals surface area contributed by atoms with Crippen LogP contribution < -0.4 is 19.1 Å². The summed E-state index contributed by atoms with van der Waals surface area (Å²) >= 11 is 3.53. The Labute approximate surface area is 208 Å². The summed E-state index contributed by atoms with van der Waals surface area (Å²) in [5.41, 5.74) is 4.02. The summed E-state index contributed by atoms with van der Waals surface area (Å²) < 4.78 is 17.7. The monoisotopic (exact) mass is 519 g/mol. The van der Waals surface area contributed by atoms with Gasteiger partial charge in [0.2, 0.25) is 0 Å². The van der Waals surface area contributed by atoms with Crippen molar-refractivity contribution in [3.63, 3.8) is 0 Å². The van der Waals surface area contributed by atoms with E-state index in [-0.39, 0.29) is 5.91 Å². The lowest BCUT2D eigenvalue weighted by atomic mass is 9.95. The van der Waals surface area contributed by atoms with E-state index in [9.17, 15) is 4.79 Å². The van der Waals surface area contributed by atoms with E-state index in [1.165, 1.54) is 0 Å². The topological polar surface area (TPSA) is 48.0 Å². The third-order valence-electron chi connectivity index (χ3n) is 5.95. The molecule has 0 spiro atoms. The first kappa shape index (κ1) is 23.6. The maximum atomic E-state index is 13.7. The Bertz CT molecular complexity index is 1370. The summed E-state index contributed by atoms with van der Waals surface area (Å²) in [5, 5.41) is 1.83. The summed E-state index contributed by atoms with van der Waals surface area (Å²) in [4.78, 5) is 15.4. The predicted molar refractivity (Wildman–Crippen MR) is 141 cm³/mol. The standard InChI is InChI=1S/C28H26BrNO4/c1-17-14-15-21(29)25(26(17)33-4)28(31)30(2)22-13-9-12-19-20(22)16-23(32-3)27(34-5)24(19)18-10-7-6-8-11-18/h6-16H,1-5H3. The maximum Gasteiger partial charge on any atom is 0.262 e. The molecule has 0 aliphatic rings. The highest BCUT2D eigenvalue weighted by Crippen LogP contribution is 2.46. The van der Waals surface area contributed by atoms with Crippen molar-refractivity contribution in [1.82, 2.24) is 0 Å². The van der Waals surface area contributed by atoms with Crippen LogP contribution in [0.15, 0.2) is 71.2 Å². The number of amides is 1. The maximum absolute atomic E-state index is 13.7. The van der Waals surface area contributed by atoms with Gasteiger partial charge in [-0.2, -0.15) is 0 Å². The number of aryl methyl sites for hydroxylation is 1. The molecule has 0 saturated carbocycles. The zero-order valence-corrected chi connectivity index (χ0v) is 21.4. The van der Waals surface area contributed by atoms with Crippen LogP contribution in [0.3, 0.4) is 0 Å². The van der Waals surface area contributed by atoms with Crippen LogP contribution in [-0.4, -0.2) is 34.3 Å². The van der Waals surface area contributed by atoms with E-state index < -0.39 is 0 Å². The summed E-state index contributed by atoms with van der Waals surface area (Å²) in [5.74, 6) is 1.61. The van der Waals surface area contributed by atoms with Crippen LogP contribution in [0.1, 0.15) is 15.9 Å². The molecule has 5 nitrogen and oxygen atoms in total. The second-order valence-electron chi connectivity index (χ2n) is 7.86. The van der Waals surface area contributed by atoms with E-state index in [1.807, 2.05) is 73.7 Å². The molecule has 0 saturated heterocycles. The number of fused-ring (bicyclic) bond motifs is 1. The summed E-state index contributed by atoms with van der Waals surface area (Å²) in [7, 11) is 6.60. The third kappa shape index (κ3) is 3.99. The molecular formula is C28H26BrNO4. The predicted octanol–water partition coefficient (Wildman–Crippen LogP) is 6.88. The molecule has 4 aromatic carbocycles. The van der Waals surface area contributed by atoms with Crippen molar-refractivity contribution < 1.29 is 19.0 Å². The van der Waals surface area contributed by atoms with Crippen molar-refractivity contribution in [1.29, 1.82) is 0 Å². The smallest absolute Gasteiger partial charge is 0.262 e. The first-order valence-corrected chi connectivity index (χ1v) is 11.6. The highest BCUT2D eigenvalue weighted by molar-refractivity contribution is 9.10. The third-order valence-corrected chi connectivity index (χ3v) is 6.61. The lowest BCUT2D eigenvalue weighted by Crippen LogP contribution is -2.27. The van der Waals surface area contributed by atoms with E-state index in [0.29, 0.717) is 27.3 Å². The number of rotatable bonds is 6. The number of ether oxygens (including phenoxy) is 3. The molecule has 0 N–H and O–H groups in total. The number of anilines is 1. The van der Waals surface area contributed by atoms with Crippen molar-refractivity contribution in [2.75, 3.05) is 33.3 Å². The van der Waals surface area contributed by atoms with Crippen molar-refractivity contribution in [2.45, 2.75) is 6.92 Å². The zero-order valence-electron chi connectivity index (χ0n) is 19.8. The molecule has 1 amide bonds. The highest BCUT2D eigenvalue weighted by atomic mass is 79.9. The Balaban J connectivity index is 1.97. The van der Waals surface area contributed by atoms with Crippen LogP contribution in [0.5, 0.6) is 17.2 Å². The van der Waals surface area contributed by atoms with Crippen LogP contribution in [-0.2, 0) is 0 Å². The van der Waals surface area contributed by atoms with Gasteiger partial charge in [0.25, 0.3) is 5.91 Å². The van der Waals surface area contributed by atoms with Crippen molar-refractivity contribution >= 4 is 38.3 Å². The minimum Gasteiger partial charge on any atom is -0.496 e. The van der Waals surface area contributed by atoms with E-state index in [1.54, 1.807) is 33.3 Å². The number of carbonyl (C=O) groups excluding carboxylic acids is 1. The Morgan fingerprint density at radius 3 is 2.18 bits per heavy atom. The van der Waals surface area contributed by atoms with E-state index in [0.717, 1.165) is 33.2 Å². The lowest BCUT2D eigenvalue weighted by Gasteiger charge is -2.24. The fraction of sp³-hybridized carbons (Fsp3) is 0.179. The molecule has 174 valence electrons. The summed E-state index contributed by atoms with van der Waals surface area (Å²) in [6.45, 7) is 1.92. The van der Waals surface area contributed by atoms with Crippen LogP contribution in [0.25, 0.3) is 21.9 Å². The van der Waals surface area contributed by atoms with E-state index in [4.69, 9.17) is 14.2 Å². The fourth-order valence-electron chi connectivity index (χ4n) is 4.31. The Morgan fingerprint density at radius 1 is 0.824 bits per heavy atom. The molecule has 4 aromatic rings. The number of methoxy groups -OCH3 is 3. The van der Waals surface area contributed by atoms with Gasteiger partial charge in [-0.05, 0) is 57.6 Å². The fourth-order valence-corrected chi connectivity index (χ4v) is 4.79. The van der Waals surface area contributed by atoms with Crippen molar-refractivity contribution in [3.8, 4) is 28.4 Å². The van der Waals surface area contributed by atoms with Crippen LogP contribution in [0.4, 0.5) is 5.69 Å². The number of hydrogen-bond donors (Lipinski definition) is 0. The van der Waals surface area contributed by atoms with Gasteiger partial charge in [-0.1, -0.05) is 48.5 Å². The first-order chi connectivity index (χ1) is 16.4. The molecule has 34 heavy (non-hydrogen) atoms. The van der Waals surface area contributed by atoms with Gasteiger partial charge in [-0.25, -0.2) is 0 Å². The van der Waals surface area contributed by atoms with Gasteiger partial charge in [0.15, 0.2) is 11.5 Å². The summed E-state index contributed by atoms with van der Waals surface area (Å²) in [6, 6.07) is 21.6. The minimum absolute atomic E-state index is 0.184. The highest BCUT2D eigenvalue weighted by Gasteiger charge is 2.25. The number of hydrogen-bond acceptors (Lipinski definition) is 4. The zero-order chi connectivity index (χ0) is 24.4. The number of halogens is 1. The average Bonchev–Trinajstić information content (AvgIpc) is 2.87. The molecule has 0 aliphatic heterocycles. The molecule has 0 unspecified atom stereocenters. The van der Waals surface area contributed by atoms with Gasteiger partial charge in [-0.3, -0.25) is 4.79 Å².